The Morgan fingerprint density at radius 3 is 2.36 bits per heavy atom. The summed E-state index contributed by atoms with van der Waals surface area (Å²) >= 11 is 20.8. The standard InChI is InChI=1S/C39H32Cl3N3O7S/c1-51-22-8-5-20(6-9-22)39-27(36(48)45(38(39)50)43-30-12-7-21(40)16-28(30)41)17-26-24(33(39)19-14-29(42)34(46)31(15-19)52-2)10-11-25-32(26)37(49)44(35(25)47)18-23-4-3-13-53-23/h3-10,12-16,25-27,32-33,43,46H,11,17-18H2,1-2H3. The number of ether oxygens (including phenoxy) is 2. The highest BCUT2D eigenvalue weighted by molar-refractivity contribution is 7.09. The van der Waals surface area contributed by atoms with E-state index in [2.05, 4.69) is 5.43 Å². The summed E-state index contributed by atoms with van der Waals surface area (Å²) in [6.07, 6.45) is 2.31. The molecule has 3 fully saturated rings. The first kappa shape index (κ1) is 35.5. The van der Waals surface area contributed by atoms with E-state index in [0.717, 1.165) is 15.5 Å². The van der Waals surface area contributed by atoms with Crippen LogP contribution in [0.3, 0.4) is 0 Å². The highest BCUT2D eigenvalue weighted by Crippen LogP contribution is 2.65. The number of methoxy groups -OCH3 is 2. The van der Waals surface area contributed by atoms with Gasteiger partial charge in [0.05, 0.1) is 59.7 Å². The number of hydrogen-bond donors (Lipinski definition) is 2. The SMILES string of the molecule is COc1ccc(C23C(=O)N(Nc4ccc(Cl)cc4Cl)C(=O)C2CC2C(=CCC4C(=O)N(Cc5cccs5)C(=O)C42)C3c2cc(Cl)c(O)c(OC)c2)cc1. The molecule has 6 unspecified atom stereocenters. The second-order valence-corrected chi connectivity index (χ2v) is 15.9. The van der Waals surface area contributed by atoms with Crippen LogP contribution in [-0.2, 0) is 31.1 Å². The lowest BCUT2D eigenvalue weighted by Crippen LogP contribution is -2.53. The first-order valence-electron chi connectivity index (χ1n) is 16.9. The molecule has 1 aromatic heterocycles. The molecule has 4 aliphatic rings. The average Bonchev–Trinajstić information content (AvgIpc) is 3.82. The monoisotopic (exact) mass is 791 g/mol. The Bertz CT molecular complexity index is 2210. The number of anilines is 1. The van der Waals surface area contributed by atoms with Crippen molar-refractivity contribution >= 4 is 75.5 Å². The van der Waals surface area contributed by atoms with Crippen LogP contribution < -0.4 is 14.9 Å². The molecule has 1 saturated carbocycles. The van der Waals surface area contributed by atoms with Crippen molar-refractivity contribution in [1.82, 2.24) is 9.91 Å². The van der Waals surface area contributed by atoms with Gasteiger partial charge in [0, 0.05) is 15.8 Å². The number of imide groups is 2. The van der Waals surface area contributed by atoms with Crippen LogP contribution in [0.1, 0.15) is 34.8 Å². The molecule has 4 amide bonds. The van der Waals surface area contributed by atoms with E-state index in [1.165, 1.54) is 36.5 Å². The maximum absolute atomic E-state index is 15.4. The number of fused-ring (bicyclic) bond motifs is 4. The number of benzene rings is 3. The Morgan fingerprint density at radius 2 is 1.68 bits per heavy atom. The van der Waals surface area contributed by atoms with Crippen LogP contribution in [-0.4, -0.2) is 52.9 Å². The zero-order valence-corrected chi connectivity index (χ0v) is 31.4. The Kier molecular flexibility index (Phi) is 8.96. The van der Waals surface area contributed by atoms with Crippen LogP contribution in [0.5, 0.6) is 17.2 Å². The number of nitrogens with zero attached hydrogens (tertiary/aromatic N) is 2. The molecule has 8 rings (SSSR count). The Morgan fingerprint density at radius 1 is 0.906 bits per heavy atom. The molecule has 0 bridgehead atoms. The summed E-state index contributed by atoms with van der Waals surface area (Å²) < 4.78 is 11.0. The molecular formula is C39H32Cl3N3O7S. The van der Waals surface area contributed by atoms with Crippen molar-refractivity contribution in [2.75, 3.05) is 19.6 Å². The number of likely N-dealkylation sites (tertiary alicyclic amines) is 1. The summed E-state index contributed by atoms with van der Waals surface area (Å²) in [5.41, 5.74) is 3.40. The van der Waals surface area contributed by atoms with Crippen molar-refractivity contribution in [3.63, 3.8) is 0 Å². The number of nitrogens with one attached hydrogen (secondary N) is 1. The van der Waals surface area contributed by atoms with E-state index < -0.39 is 46.8 Å². The number of amides is 4. The second kappa shape index (κ2) is 13.4. The van der Waals surface area contributed by atoms with Crippen molar-refractivity contribution in [3.05, 3.63) is 115 Å². The number of allylic oxidation sites excluding steroid dienone is 2. The van der Waals surface area contributed by atoms with Gasteiger partial charge in [-0.2, -0.15) is 5.01 Å². The van der Waals surface area contributed by atoms with Gasteiger partial charge in [0.1, 0.15) is 5.75 Å². The summed E-state index contributed by atoms with van der Waals surface area (Å²) in [5.74, 6) is -5.23. The summed E-state index contributed by atoms with van der Waals surface area (Å²) in [6, 6.07) is 18.6. The minimum absolute atomic E-state index is 0.0221. The van der Waals surface area contributed by atoms with Gasteiger partial charge in [0.15, 0.2) is 11.5 Å². The molecule has 6 atom stereocenters. The third kappa shape index (κ3) is 5.42. The molecule has 272 valence electrons. The highest BCUT2D eigenvalue weighted by atomic mass is 35.5. The molecule has 2 saturated heterocycles. The zero-order valence-electron chi connectivity index (χ0n) is 28.3. The predicted molar refractivity (Wildman–Crippen MR) is 200 cm³/mol. The van der Waals surface area contributed by atoms with E-state index in [1.54, 1.807) is 48.5 Å². The number of phenolic OH excluding ortho intramolecular Hbond substituents is 1. The Balaban J connectivity index is 1.34. The van der Waals surface area contributed by atoms with Gasteiger partial charge >= 0.3 is 0 Å². The van der Waals surface area contributed by atoms with Gasteiger partial charge in [-0.15, -0.1) is 11.3 Å². The van der Waals surface area contributed by atoms with Gasteiger partial charge in [-0.1, -0.05) is 64.7 Å². The van der Waals surface area contributed by atoms with Crippen LogP contribution in [0.15, 0.2) is 83.8 Å². The average molecular weight is 793 g/mol. The zero-order chi connectivity index (χ0) is 37.3. The molecule has 0 radical (unpaired) electrons. The van der Waals surface area contributed by atoms with Crippen molar-refractivity contribution in [1.29, 1.82) is 0 Å². The van der Waals surface area contributed by atoms with E-state index in [0.29, 0.717) is 21.9 Å². The lowest BCUT2D eigenvalue weighted by molar-refractivity contribution is -0.141. The third-order valence-corrected chi connectivity index (χ3v) is 12.9. The van der Waals surface area contributed by atoms with Crippen LogP contribution in [0.4, 0.5) is 5.69 Å². The largest absolute Gasteiger partial charge is 0.503 e. The topological polar surface area (TPSA) is 125 Å². The second-order valence-electron chi connectivity index (χ2n) is 13.6. The highest BCUT2D eigenvalue weighted by Gasteiger charge is 2.70. The van der Waals surface area contributed by atoms with Crippen molar-refractivity contribution < 1.29 is 33.8 Å². The molecule has 3 heterocycles. The van der Waals surface area contributed by atoms with Crippen molar-refractivity contribution in [3.8, 4) is 17.2 Å². The maximum atomic E-state index is 15.4. The van der Waals surface area contributed by atoms with Crippen LogP contribution in [0.2, 0.25) is 15.1 Å². The fraction of sp³-hybridized carbons (Fsp3) is 0.282. The number of halogens is 3. The van der Waals surface area contributed by atoms with Gasteiger partial charge in [-0.25, -0.2) is 0 Å². The number of phenols is 1. The molecule has 53 heavy (non-hydrogen) atoms. The van der Waals surface area contributed by atoms with E-state index in [9.17, 15) is 19.5 Å². The number of carbonyl (C=O) groups excluding carboxylic acids is 4. The van der Waals surface area contributed by atoms with Gasteiger partial charge in [-0.05, 0) is 83.8 Å². The van der Waals surface area contributed by atoms with Crippen LogP contribution in [0, 0.1) is 23.7 Å². The van der Waals surface area contributed by atoms with E-state index in [-0.39, 0.29) is 58.4 Å². The number of hydrogen-bond acceptors (Lipinski definition) is 9. The number of hydrazine groups is 1. The molecule has 2 aliphatic heterocycles. The smallest absolute Gasteiger partial charge is 0.260 e. The molecule has 10 nitrogen and oxygen atoms in total. The molecule has 3 aromatic carbocycles. The van der Waals surface area contributed by atoms with Crippen LogP contribution >= 0.6 is 46.1 Å². The normalized spacial score (nSPS) is 26.3. The van der Waals surface area contributed by atoms with Crippen molar-refractivity contribution in [2.45, 2.75) is 30.7 Å². The van der Waals surface area contributed by atoms with E-state index >= 15 is 4.79 Å². The summed E-state index contributed by atoms with van der Waals surface area (Å²) in [4.78, 5) is 60.9. The lowest BCUT2D eigenvalue weighted by Gasteiger charge is -2.50. The molecule has 0 spiro atoms. The fourth-order valence-corrected chi connectivity index (χ4v) is 10.3. The third-order valence-electron chi connectivity index (χ3n) is 11.2. The lowest BCUT2D eigenvalue weighted by atomic mass is 9.49. The number of rotatable bonds is 8. The molecule has 2 N–H and O–H groups in total. The first-order chi connectivity index (χ1) is 25.5. The number of thiophene rings is 1. The minimum Gasteiger partial charge on any atom is -0.503 e. The summed E-state index contributed by atoms with van der Waals surface area (Å²) in [7, 11) is 2.92. The number of aromatic hydroxyl groups is 1. The Labute approximate surface area is 323 Å². The quantitative estimate of drug-likeness (QED) is 0.138. The molecular weight excluding hydrogens is 761 g/mol. The number of carbonyl (C=O) groups is 4. The van der Waals surface area contributed by atoms with Gasteiger partial charge in [-0.3, -0.25) is 29.5 Å². The minimum atomic E-state index is -1.60. The summed E-state index contributed by atoms with van der Waals surface area (Å²) in [6.45, 7) is 0.161. The van der Waals surface area contributed by atoms with E-state index in [4.69, 9.17) is 44.3 Å². The molecule has 4 aromatic rings. The van der Waals surface area contributed by atoms with Crippen molar-refractivity contribution in [2.24, 2.45) is 23.7 Å². The first-order valence-corrected chi connectivity index (χ1v) is 18.9. The fourth-order valence-electron chi connectivity index (χ4n) is 8.91. The van der Waals surface area contributed by atoms with Gasteiger partial charge in [0.2, 0.25) is 11.8 Å². The molecule has 14 heteroatoms. The molecule has 2 aliphatic carbocycles. The maximum Gasteiger partial charge on any atom is 0.260 e. The predicted octanol–water partition coefficient (Wildman–Crippen LogP) is 7.62. The van der Waals surface area contributed by atoms with Gasteiger partial charge in [0.25, 0.3) is 11.8 Å². The Hall–Kier alpha value is -4.55. The van der Waals surface area contributed by atoms with E-state index in [1.807, 2.05) is 23.6 Å². The van der Waals surface area contributed by atoms with Crippen LogP contribution in [0.25, 0.3) is 0 Å². The summed E-state index contributed by atoms with van der Waals surface area (Å²) in [5, 5.41) is 14.2. The van der Waals surface area contributed by atoms with Gasteiger partial charge < -0.3 is 14.6 Å².